The molecule has 134 valence electrons. The molecule has 0 saturated heterocycles. The Kier molecular flexibility index (Phi) is 4.97. The monoisotopic (exact) mass is 354 g/mol. The van der Waals surface area contributed by atoms with E-state index in [0.717, 1.165) is 30.5 Å². The smallest absolute Gasteiger partial charge is 0.338 e. The van der Waals surface area contributed by atoms with Gasteiger partial charge >= 0.3 is 5.97 Å². The number of carbonyl (C=O) groups is 2. The number of nitrogens with zero attached hydrogens (tertiary/aromatic N) is 1. The largest absolute Gasteiger partial charge is 0.465 e. The van der Waals surface area contributed by atoms with E-state index in [1.165, 1.54) is 13.2 Å². The Labute approximate surface area is 150 Å². The second-order valence-corrected chi connectivity index (χ2v) is 6.22. The molecule has 0 bridgehead atoms. The summed E-state index contributed by atoms with van der Waals surface area (Å²) in [6.45, 7) is 0. The van der Waals surface area contributed by atoms with Gasteiger partial charge in [0.25, 0.3) is 11.6 Å². The molecule has 1 aliphatic carbocycles. The predicted molar refractivity (Wildman–Crippen MR) is 93.8 cm³/mol. The van der Waals surface area contributed by atoms with Gasteiger partial charge in [-0.05, 0) is 30.4 Å². The third-order valence-electron chi connectivity index (χ3n) is 4.35. The summed E-state index contributed by atoms with van der Waals surface area (Å²) in [7, 11) is 1.18. The normalized spacial score (nSPS) is 14.3. The minimum atomic E-state index is -0.732. The fourth-order valence-electron chi connectivity index (χ4n) is 2.87. The molecule has 26 heavy (non-hydrogen) atoms. The summed E-state index contributed by atoms with van der Waals surface area (Å²) < 4.78 is 4.61. The number of nitrogens with one attached hydrogen (secondary N) is 1. The van der Waals surface area contributed by atoms with Gasteiger partial charge in [0.1, 0.15) is 0 Å². The molecular weight excluding hydrogens is 336 g/mol. The molecule has 0 aliphatic heterocycles. The van der Waals surface area contributed by atoms with Crippen LogP contribution in [-0.2, 0) is 4.74 Å². The number of methoxy groups -OCH3 is 1. The maximum absolute atomic E-state index is 12.7. The second kappa shape index (κ2) is 7.35. The molecule has 0 aromatic heterocycles. The maximum Gasteiger partial charge on any atom is 0.338 e. The van der Waals surface area contributed by atoms with Crippen LogP contribution in [0.3, 0.4) is 0 Å². The number of hydrogen-bond donors (Lipinski definition) is 1. The molecule has 2 aromatic carbocycles. The molecule has 0 spiro atoms. The Morgan fingerprint density at radius 2 is 1.81 bits per heavy atom. The molecule has 7 nitrogen and oxygen atoms in total. The van der Waals surface area contributed by atoms with E-state index in [-0.39, 0.29) is 22.9 Å². The van der Waals surface area contributed by atoms with Crippen LogP contribution in [0.4, 0.5) is 5.69 Å². The highest BCUT2D eigenvalue weighted by molar-refractivity contribution is 5.99. The minimum Gasteiger partial charge on any atom is -0.465 e. The number of non-ortho nitro benzene ring substituents is 1. The highest BCUT2D eigenvalue weighted by Crippen LogP contribution is 2.41. The van der Waals surface area contributed by atoms with Crippen LogP contribution in [0.5, 0.6) is 0 Å². The zero-order valence-electron chi connectivity index (χ0n) is 14.2. The zero-order valence-corrected chi connectivity index (χ0v) is 14.2. The SMILES string of the molecule is COC(=O)c1cc(C(=O)N[C@@H](c2ccccc2)C2CC2)cc([N+](=O)[O-])c1. The van der Waals surface area contributed by atoms with Crippen LogP contribution in [0.15, 0.2) is 48.5 Å². The Balaban J connectivity index is 1.89. The summed E-state index contributed by atoms with van der Waals surface area (Å²) in [4.78, 5) is 34.9. The third-order valence-corrected chi connectivity index (χ3v) is 4.35. The van der Waals surface area contributed by atoms with Gasteiger partial charge in [-0.15, -0.1) is 0 Å². The van der Waals surface area contributed by atoms with Gasteiger partial charge in [0.15, 0.2) is 0 Å². The van der Waals surface area contributed by atoms with Gasteiger partial charge in [0, 0.05) is 17.7 Å². The van der Waals surface area contributed by atoms with Crippen LogP contribution in [0.25, 0.3) is 0 Å². The number of nitro groups is 1. The van der Waals surface area contributed by atoms with E-state index < -0.39 is 16.8 Å². The molecule has 1 saturated carbocycles. The predicted octanol–water partition coefficient (Wildman–Crippen LogP) is 3.26. The second-order valence-electron chi connectivity index (χ2n) is 6.22. The Morgan fingerprint density at radius 3 is 2.38 bits per heavy atom. The Bertz CT molecular complexity index is 846. The fraction of sp³-hybridized carbons (Fsp3) is 0.263. The first-order valence-corrected chi connectivity index (χ1v) is 8.23. The molecular formula is C19H18N2O5. The van der Waals surface area contributed by atoms with Crippen LogP contribution in [-0.4, -0.2) is 23.9 Å². The lowest BCUT2D eigenvalue weighted by Crippen LogP contribution is -2.30. The number of hydrogen-bond acceptors (Lipinski definition) is 5. The number of benzene rings is 2. The average molecular weight is 354 g/mol. The van der Waals surface area contributed by atoms with Crippen molar-refractivity contribution in [2.45, 2.75) is 18.9 Å². The Hall–Kier alpha value is -3.22. The number of carbonyl (C=O) groups excluding carboxylic acids is 2. The van der Waals surface area contributed by atoms with Gasteiger partial charge < -0.3 is 10.1 Å². The molecule has 0 unspecified atom stereocenters. The molecule has 1 atom stereocenters. The average Bonchev–Trinajstić information content (AvgIpc) is 3.50. The standard InChI is InChI=1S/C19H18N2O5/c1-26-19(23)15-9-14(10-16(11-15)21(24)25)18(22)20-17(13-7-8-13)12-5-3-2-4-6-12/h2-6,9-11,13,17H,7-8H2,1H3,(H,20,22)/t17-/m0/s1. The van der Waals surface area contributed by atoms with E-state index in [0.29, 0.717) is 5.92 Å². The van der Waals surface area contributed by atoms with Crippen LogP contribution >= 0.6 is 0 Å². The van der Waals surface area contributed by atoms with Crippen molar-refractivity contribution >= 4 is 17.6 Å². The molecule has 0 radical (unpaired) electrons. The quantitative estimate of drug-likeness (QED) is 0.488. The Morgan fingerprint density at radius 1 is 1.15 bits per heavy atom. The molecule has 1 amide bonds. The fourth-order valence-corrected chi connectivity index (χ4v) is 2.87. The number of nitro benzene ring substituents is 1. The number of esters is 1. The van der Waals surface area contributed by atoms with Gasteiger partial charge in [-0.25, -0.2) is 4.79 Å². The molecule has 2 aromatic rings. The molecule has 1 N–H and O–H groups in total. The first kappa shape index (κ1) is 17.6. The first-order valence-electron chi connectivity index (χ1n) is 8.23. The summed E-state index contributed by atoms with van der Waals surface area (Å²) in [6.07, 6.45) is 2.03. The van der Waals surface area contributed by atoms with Gasteiger partial charge in [-0.1, -0.05) is 30.3 Å². The van der Waals surface area contributed by atoms with E-state index in [4.69, 9.17) is 0 Å². The van der Waals surface area contributed by atoms with Crippen LogP contribution < -0.4 is 5.32 Å². The van der Waals surface area contributed by atoms with Gasteiger partial charge in [-0.2, -0.15) is 0 Å². The van der Waals surface area contributed by atoms with Gasteiger partial charge in [0.05, 0.1) is 23.6 Å². The summed E-state index contributed by atoms with van der Waals surface area (Å²) in [5, 5.41) is 14.1. The van der Waals surface area contributed by atoms with Crippen molar-refractivity contribution in [3.8, 4) is 0 Å². The van der Waals surface area contributed by atoms with Crippen LogP contribution in [0.1, 0.15) is 45.2 Å². The minimum absolute atomic E-state index is 0.0328. The summed E-state index contributed by atoms with van der Waals surface area (Å²) in [5.74, 6) is -0.843. The highest BCUT2D eigenvalue weighted by Gasteiger charge is 2.33. The van der Waals surface area contributed by atoms with Crippen molar-refractivity contribution in [3.63, 3.8) is 0 Å². The number of rotatable bonds is 6. The lowest BCUT2D eigenvalue weighted by Gasteiger charge is -2.19. The molecule has 0 heterocycles. The van der Waals surface area contributed by atoms with Crippen molar-refractivity contribution < 1.29 is 19.2 Å². The van der Waals surface area contributed by atoms with Crippen molar-refractivity contribution in [1.82, 2.24) is 5.32 Å². The van der Waals surface area contributed by atoms with E-state index in [1.54, 1.807) is 0 Å². The maximum atomic E-state index is 12.7. The number of ether oxygens (including phenoxy) is 1. The van der Waals surface area contributed by atoms with Crippen molar-refractivity contribution in [2.24, 2.45) is 5.92 Å². The van der Waals surface area contributed by atoms with E-state index in [9.17, 15) is 19.7 Å². The molecule has 1 fully saturated rings. The van der Waals surface area contributed by atoms with E-state index in [2.05, 4.69) is 10.1 Å². The lowest BCUT2D eigenvalue weighted by molar-refractivity contribution is -0.384. The van der Waals surface area contributed by atoms with E-state index >= 15 is 0 Å². The van der Waals surface area contributed by atoms with Gasteiger partial charge in [0.2, 0.25) is 0 Å². The first-order chi connectivity index (χ1) is 12.5. The molecule has 1 aliphatic rings. The van der Waals surface area contributed by atoms with E-state index in [1.807, 2.05) is 30.3 Å². The number of amides is 1. The van der Waals surface area contributed by atoms with Crippen molar-refractivity contribution in [1.29, 1.82) is 0 Å². The summed E-state index contributed by atoms with van der Waals surface area (Å²) >= 11 is 0. The summed E-state index contributed by atoms with van der Waals surface area (Å²) in [6, 6.07) is 13.0. The zero-order chi connectivity index (χ0) is 18.7. The topological polar surface area (TPSA) is 98.5 Å². The molecule has 7 heteroatoms. The van der Waals surface area contributed by atoms with Crippen molar-refractivity contribution in [3.05, 3.63) is 75.3 Å². The van der Waals surface area contributed by atoms with Gasteiger partial charge in [-0.3, -0.25) is 14.9 Å². The van der Waals surface area contributed by atoms with Crippen molar-refractivity contribution in [2.75, 3.05) is 7.11 Å². The van der Waals surface area contributed by atoms with Crippen LogP contribution in [0, 0.1) is 16.0 Å². The highest BCUT2D eigenvalue weighted by atomic mass is 16.6. The summed E-state index contributed by atoms with van der Waals surface area (Å²) in [5.41, 5.74) is 0.679. The van der Waals surface area contributed by atoms with Crippen LogP contribution in [0.2, 0.25) is 0 Å². The third kappa shape index (κ3) is 3.88. The molecule has 3 rings (SSSR count). The lowest BCUT2D eigenvalue weighted by atomic mass is 10.0.